The second kappa shape index (κ2) is 15.5. The number of anilines is 2. The summed E-state index contributed by atoms with van der Waals surface area (Å²) in [6.07, 6.45) is -2.14. The summed E-state index contributed by atoms with van der Waals surface area (Å²) in [6.45, 7) is 9.92. The van der Waals surface area contributed by atoms with Crippen LogP contribution >= 0.6 is 0 Å². The Bertz CT molecular complexity index is 2010. The Hall–Kier alpha value is -4.86. The van der Waals surface area contributed by atoms with E-state index < -0.39 is 57.1 Å². The molecule has 2 fully saturated rings. The lowest BCUT2D eigenvalue weighted by Crippen LogP contribution is -2.45. The van der Waals surface area contributed by atoms with E-state index in [0.717, 1.165) is 6.26 Å². The molecule has 3 heterocycles. The van der Waals surface area contributed by atoms with Gasteiger partial charge in [0, 0.05) is 37.5 Å². The number of hydrogen-bond donors (Lipinski definition) is 1. The van der Waals surface area contributed by atoms with E-state index in [4.69, 9.17) is 19.9 Å². The molecule has 3 aromatic rings. The van der Waals surface area contributed by atoms with Crippen molar-refractivity contribution in [2.45, 2.75) is 82.7 Å². The van der Waals surface area contributed by atoms with Crippen molar-refractivity contribution in [2.24, 2.45) is 5.41 Å². The van der Waals surface area contributed by atoms with Crippen molar-refractivity contribution >= 4 is 39.7 Å². The zero-order valence-electron chi connectivity index (χ0n) is 31.1. The molecule has 0 unspecified atom stereocenters. The van der Waals surface area contributed by atoms with E-state index in [1.54, 1.807) is 52.8 Å². The number of alkyl halides is 3. The highest BCUT2D eigenvalue weighted by Gasteiger charge is 2.51. The first-order chi connectivity index (χ1) is 25.2. The average Bonchev–Trinajstić information content (AvgIpc) is 3.45. The summed E-state index contributed by atoms with van der Waals surface area (Å²) in [7, 11) is -3.66. The van der Waals surface area contributed by atoms with Gasteiger partial charge in [-0.25, -0.2) is 18.0 Å². The standard InChI is InChI=1S/C38H46F3N5O7S/c1-7-10-24-13-14-27(28(19-24)25-11-9-12-26(20-25)54(6,49)50)32(38(39,40)41)52-31-21-30(43-34(42)44-31)45-17-15-37(16-18-45)22-29(33(47)51-8-2)46(23-37)35(48)53-36(3,4)5/h7,9-14,19-21,29,32H,8,15-18,22-23H2,1-6H3,(H2,42,43,44)/t29-,32+/m0/s1. The van der Waals surface area contributed by atoms with Crippen LogP contribution in [0.3, 0.4) is 0 Å². The SMILES string of the molecule is CC=Cc1ccc([C@@H](Oc2cc(N3CCC4(CC3)C[C@@H](C(=O)OCC)N(C(=O)OC(C)(C)C)C4)nc(N)n2)C(F)(F)F)c(-c2cccc(S(C)(=O)=O)c2)c1. The van der Waals surface area contributed by atoms with Gasteiger partial charge >= 0.3 is 18.2 Å². The summed E-state index contributed by atoms with van der Waals surface area (Å²) in [5.41, 5.74) is 5.55. The predicted octanol–water partition coefficient (Wildman–Crippen LogP) is 7.00. The molecule has 2 N–H and O–H groups in total. The highest BCUT2D eigenvalue weighted by Crippen LogP contribution is 2.46. The number of piperidine rings is 1. The van der Waals surface area contributed by atoms with Crippen LogP contribution in [-0.4, -0.2) is 85.7 Å². The van der Waals surface area contributed by atoms with E-state index >= 15 is 0 Å². The minimum absolute atomic E-state index is 0.0463. The Morgan fingerprint density at radius 3 is 2.39 bits per heavy atom. The van der Waals surface area contributed by atoms with Gasteiger partial charge in [-0.3, -0.25) is 4.90 Å². The first kappa shape index (κ1) is 40.3. The Kier molecular flexibility index (Phi) is 11.6. The maximum absolute atomic E-state index is 15.0. The summed E-state index contributed by atoms with van der Waals surface area (Å²) >= 11 is 0. The van der Waals surface area contributed by atoms with Crippen LogP contribution in [-0.2, 0) is 24.1 Å². The molecule has 2 aliphatic rings. The Morgan fingerprint density at radius 2 is 1.78 bits per heavy atom. The van der Waals surface area contributed by atoms with Crippen LogP contribution in [0.1, 0.15) is 71.1 Å². The maximum atomic E-state index is 15.0. The van der Waals surface area contributed by atoms with Crippen LogP contribution in [0.5, 0.6) is 5.88 Å². The number of nitrogen functional groups attached to an aromatic ring is 1. The largest absolute Gasteiger partial charge is 0.464 e. The zero-order valence-corrected chi connectivity index (χ0v) is 32.0. The second-order valence-corrected chi connectivity index (χ2v) is 16.7. The van der Waals surface area contributed by atoms with Crippen LogP contribution in [0.4, 0.5) is 29.7 Å². The normalized spacial score (nSPS) is 18.2. The summed E-state index contributed by atoms with van der Waals surface area (Å²) < 4.78 is 86.1. The molecule has 0 radical (unpaired) electrons. The van der Waals surface area contributed by atoms with Crippen LogP contribution < -0.4 is 15.4 Å². The summed E-state index contributed by atoms with van der Waals surface area (Å²) in [6, 6.07) is 10.6. The third kappa shape index (κ3) is 9.43. The monoisotopic (exact) mass is 773 g/mol. The van der Waals surface area contributed by atoms with Crippen molar-refractivity contribution in [1.82, 2.24) is 14.9 Å². The summed E-state index contributed by atoms with van der Waals surface area (Å²) in [5, 5.41) is 0. The van der Waals surface area contributed by atoms with Crippen molar-refractivity contribution < 1.29 is 45.4 Å². The highest BCUT2D eigenvalue weighted by atomic mass is 32.2. The van der Waals surface area contributed by atoms with Gasteiger partial charge in [0.15, 0.2) is 9.84 Å². The number of likely N-dealkylation sites (tertiary alicyclic amines) is 1. The molecule has 1 amide bonds. The molecule has 2 saturated heterocycles. The number of carbonyl (C=O) groups is 2. The number of rotatable bonds is 9. The molecule has 2 aliphatic heterocycles. The molecular weight excluding hydrogens is 728 g/mol. The number of allylic oxidation sites excluding steroid dienone is 1. The molecule has 0 bridgehead atoms. The van der Waals surface area contributed by atoms with Crippen LogP contribution in [0.25, 0.3) is 17.2 Å². The smallest absolute Gasteiger partial charge is 0.429 e. The number of carbonyl (C=O) groups excluding carboxylic acids is 2. The first-order valence-corrected chi connectivity index (χ1v) is 19.5. The van der Waals surface area contributed by atoms with Crippen molar-refractivity contribution in [2.75, 3.05) is 43.1 Å². The number of nitrogens with zero attached hydrogens (tertiary/aromatic N) is 4. The molecule has 0 saturated carbocycles. The van der Waals surface area contributed by atoms with Gasteiger partial charge in [0.05, 0.1) is 11.5 Å². The van der Waals surface area contributed by atoms with Gasteiger partial charge in [-0.1, -0.05) is 36.4 Å². The van der Waals surface area contributed by atoms with Crippen LogP contribution in [0, 0.1) is 5.41 Å². The number of esters is 1. The zero-order chi connectivity index (χ0) is 39.6. The number of aromatic nitrogens is 2. The lowest BCUT2D eigenvalue weighted by atomic mass is 9.76. The minimum atomic E-state index is -4.93. The van der Waals surface area contributed by atoms with Gasteiger partial charge in [-0.05, 0) is 94.2 Å². The lowest BCUT2D eigenvalue weighted by Gasteiger charge is -2.39. The first-order valence-electron chi connectivity index (χ1n) is 17.6. The molecule has 12 nitrogen and oxygen atoms in total. The molecule has 16 heteroatoms. The Morgan fingerprint density at radius 1 is 1.07 bits per heavy atom. The lowest BCUT2D eigenvalue weighted by molar-refractivity contribution is -0.198. The second-order valence-electron chi connectivity index (χ2n) is 14.7. The fourth-order valence-electron chi connectivity index (χ4n) is 6.91. The van der Waals surface area contributed by atoms with E-state index in [9.17, 15) is 31.2 Å². The molecule has 1 spiro atoms. The van der Waals surface area contributed by atoms with Crippen molar-refractivity contribution in [1.29, 1.82) is 0 Å². The van der Waals surface area contributed by atoms with E-state index in [1.807, 2.05) is 4.90 Å². The predicted molar refractivity (Wildman–Crippen MR) is 197 cm³/mol. The van der Waals surface area contributed by atoms with Gasteiger partial charge in [-0.15, -0.1) is 0 Å². The minimum Gasteiger partial charge on any atom is -0.464 e. The maximum Gasteiger partial charge on any atom is 0.429 e. The number of benzene rings is 2. The highest BCUT2D eigenvalue weighted by molar-refractivity contribution is 7.90. The Labute approximate surface area is 313 Å². The molecule has 0 aliphatic carbocycles. The number of halogens is 3. The van der Waals surface area contributed by atoms with Gasteiger partial charge in [0.1, 0.15) is 17.5 Å². The van der Waals surface area contributed by atoms with Gasteiger partial charge in [0.25, 0.3) is 0 Å². The molecule has 1 aromatic heterocycles. The third-order valence-electron chi connectivity index (χ3n) is 9.38. The van der Waals surface area contributed by atoms with E-state index in [0.29, 0.717) is 37.9 Å². The fraction of sp³-hybridized carbons (Fsp3) is 0.474. The number of hydrogen-bond acceptors (Lipinski definition) is 11. The van der Waals surface area contributed by atoms with Gasteiger partial charge < -0.3 is 24.8 Å². The molecule has 5 rings (SSSR count). The number of amides is 1. The van der Waals surface area contributed by atoms with E-state index in [2.05, 4.69) is 9.97 Å². The van der Waals surface area contributed by atoms with Gasteiger partial charge in [0.2, 0.25) is 17.9 Å². The molecule has 2 aromatic carbocycles. The number of ether oxygens (including phenoxy) is 3. The Balaban J connectivity index is 1.42. The molecule has 292 valence electrons. The number of sulfone groups is 1. The summed E-state index contributed by atoms with van der Waals surface area (Å²) in [4.78, 5) is 37.6. The summed E-state index contributed by atoms with van der Waals surface area (Å²) in [5.74, 6) is -0.961. The average molecular weight is 774 g/mol. The molecule has 2 atom stereocenters. The van der Waals surface area contributed by atoms with E-state index in [1.165, 1.54) is 47.4 Å². The van der Waals surface area contributed by atoms with Crippen LogP contribution in [0.2, 0.25) is 0 Å². The fourth-order valence-corrected chi connectivity index (χ4v) is 7.58. The van der Waals surface area contributed by atoms with Crippen molar-refractivity contribution in [3.05, 3.63) is 65.7 Å². The molecular formula is C38H46F3N5O7S. The topological polar surface area (TPSA) is 154 Å². The van der Waals surface area contributed by atoms with Crippen molar-refractivity contribution in [3.63, 3.8) is 0 Å². The molecule has 54 heavy (non-hydrogen) atoms. The van der Waals surface area contributed by atoms with E-state index in [-0.39, 0.29) is 46.5 Å². The quantitative estimate of drug-likeness (QED) is 0.224. The van der Waals surface area contributed by atoms with Crippen molar-refractivity contribution in [3.8, 4) is 17.0 Å². The number of nitrogens with two attached hydrogens (primary N) is 1. The van der Waals surface area contributed by atoms with Gasteiger partial charge in [-0.2, -0.15) is 23.1 Å². The van der Waals surface area contributed by atoms with Crippen LogP contribution in [0.15, 0.2) is 59.5 Å². The third-order valence-corrected chi connectivity index (χ3v) is 10.5.